The van der Waals surface area contributed by atoms with Gasteiger partial charge in [-0.1, -0.05) is 35.9 Å². The van der Waals surface area contributed by atoms with Crippen molar-refractivity contribution in [1.82, 2.24) is 25.2 Å². The van der Waals surface area contributed by atoms with Crippen LogP contribution < -0.4 is 15.4 Å². The second-order valence-corrected chi connectivity index (χ2v) is 8.20. The molecule has 0 atom stereocenters. The van der Waals surface area contributed by atoms with Crippen LogP contribution in [0.1, 0.15) is 43.2 Å². The largest absolute Gasteiger partial charge is 0.426 e. The third-order valence-electron chi connectivity index (χ3n) is 5.60. The van der Waals surface area contributed by atoms with Gasteiger partial charge in [-0.15, -0.1) is 0 Å². The quantitative estimate of drug-likeness (QED) is 0.329. The molecule has 0 fully saturated rings. The Kier molecular flexibility index (Phi) is 5.69. The molecule has 2 aromatic carbocycles. The molecule has 0 unspecified atom stereocenters. The van der Waals surface area contributed by atoms with Gasteiger partial charge in [-0.05, 0) is 30.2 Å². The van der Waals surface area contributed by atoms with E-state index in [9.17, 15) is 18.8 Å². The highest BCUT2D eigenvalue weighted by Gasteiger charge is 2.22. The zero-order valence-corrected chi connectivity index (χ0v) is 18.7. The Hall–Kier alpha value is -4.60. The summed E-state index contributed by atoms with van der Waals surface area (Å²) in [4.78, 5) is 41.2. The molecule has 5 rings (SSSR count). The van der Waals surface area contributed by atoms with E-state index in [1.165, 1.54) is 6.07 Å². The molecule has 0 bridgehead atoms. The standard InChI is InChI=1S/C25H20FN5O4/c1-14-2-4-15(5-3-14)11-28-25(34)20-10-19(30-23-18(26)13-29-31(20)23)24(33)27-12-16-6-7-21-17(8-16)9-22(32)35-21/h2-8,10,13H,9,11-12H2,1H3,(H,27,33)(H,28,34). The van der Waals surface area contributed by atoms with Crippen LogP contribution in [-0.4, -0.2) is 32.4 Å². The average Bonchev–Trinajstić information content (AvgIpc) is 3.42. The lowest BCUT2D eigenvalue weighted by atomic mass is 10.1. The first-order chi connectivity index (χ1) is 16.9. The number of hydrogen-bond acceptors (Lipinski definition) is 6. The van der Waals surface area contributed by atoms with Crippen molar-refractivity contribution in [3.8, 4) is 5.75 Å². The van der Waals surface area contributed by atoms with Crippen molar-refractivity contribution >= 4 is 23.4 Å². The van der Waals surface area contributed by atoms with Crippen LogP contribution in [0.5, 0.6) is 5.75 Å². The maximum Gasteiger partial charge on any atom is 0.315 e. The second kappa shape index (κ2) is 8.98. The number of aromatic nitrogens is 3. The van der Waals surface area contributed by atoms with E-state index in [2.05, 4.69) is 20.7 Å². The van der Waals surface area contributed by atoms with Gasteiger partial charge in [0, 0.05) is 24.7 Å². The number of fused-ring (bicyclic) bond motifs is 2. The minimum atomic E-state index is -0.754. The first kappa shape index (κ1) is 22.2. The first-order valence-electron chi connectivity index (χ1n) is 10.9. The molecule has 35 heavy (non-hydrogen) atoms. The Morgan fingerprint density at radius 1 is 1.03 bits per heavy atom. The molecule has 0 saturated carbocycles. The van der Waals surface area contributed by atoms with Crippen LogP contribution in [0, 0.1) is 12.7 Å². The molecular weight excluding hydrogens is 453 g/mol. The predicted octanol–water partition coefficient (Wildman–Crippen LogP) is 2.50. The molecule has 3 heterocycles. The van der Waals surface area contributed by atoms with Crippen LogP contribution >= 0.6 is 0 Å². The number of benzene rings is 2. The topological polar surface area (TPSA) is 115 Å². The molecule has 9 nitrogen and oxygen atoms in total. The summed E-state index contributed by atoms with van der Waals surface area (Å²) in [7, 11) is 0. The Balaban J connectivity index is 1.34. The minimum absolute atomic E-state index is 0.0237. The molecular formula is C25H20FN5O4. The van der Waals surface area contributed by atoms with Gasteiger partial charge < -0.3 is 15.4 Å². The Labute approximate surface area is 198 Å². The van der Waals surface area contributed by atoms with Gasteiger partial charge in [0.05, 0.1) is 12.6 Å². The van der Waals surface area contributed by atoms with Crippen LogP contribution in [0.25, 0.3) is 5.65 Å². The Morgan fingerprint density at radius 2 is 1.74 bits per heavy atom. The predicted molar refractivity (Wildman–Crippen MR) is 122 cm³/mol. The van der Waals surface area contributed by atoms with E-state index in [1.807, 2.05) is 31.2 Å². The molecule has 4 aromatic rings. The average molecular weight is 473 g/mol. The van der Waals surface area contributed by atoms with E-state index < -0.39 is 17.6 Å². The molecule has 0 radical (unpaired) electrons. The summed E-state index contributed by atoms with van der Waals surface area (Å²) in [5, 5.41) is 9.37. The SMILES string of the molecule is Cc1ccc(CNC(=O)c2cc(C(=O)NCc3ccc4c(c3)CC(=O)O4)nc3c(F)cnn23)cc1. The maximum atomic E-state index is 14.3. The van der Waals surface area contributed by atoms with Gasteiger partial charge in [0.1, 0.15) is 17.1 Å². The zero-order chi connectivity index (χ0) is 24.5. The van der Waals surface area contributed by atoms with Crippen molar-refractivity contribution in [3.63, 3.8) is 0 Å². The summed E-state index contributed by atoms with van der Waals surface area (Å²) < 4.78 is 20.4. The van der Waals surface area contributed by atoms with E-state index in [-0.39, 0.29) is 42.5 Å². The highest BCUT2D eigenvalue weighted by molar-refractivity contribution is 5.98. The minimum Gasteiger partial charge on any atom is -0.426 e. The van der Waals surface area contributed by atoms with Crippen LogP contribution in [0.2, 0.25) is 0 Å². The fourth-order valence-electron chi connectivity index (χ4n) is 3.76. The van der Waals surface area contributed by atoms with Gasteiger partial charge in [0.2, 0.25) is 0 Å². The Bertz CT molecular complexity index is 1480. The van der Waals surface area contributed by atoms with Crippen molar-refractivity contribution < 1.29 is 23.5 Å². The molecule has 1 aliphatic rings. The molecule has 10 heteroatoms. The molecule has 2 aromatic heterocycles. The van der Waals surface area contributed by atoms with Crippen molar-refractivity contribution in [2.24, 2.45) is 0 Å². The highest BCUT2D eigenvalue weighted by atomic mass is 19.1. The van der Waals surface area contributed by atoms with Crippen molar-refractivity contribution in [2.45, 2.75) is 26.4 Å². The zero-order valence-electron chi connectivity index (χ0n) is 18.7. The van der Waals surface area contributed by atoms with E-state index in [4.69, 9.17) is 4.74 Å². The van der Waals surface area contributed by atoms with Crippen molar-refractivity contribution in [1.29, 1.82) is 0 Å². The van der Waals surface area contributed by atoms with E-state index in [1.54, 1.807) is 18.2 Å². The molecule has 0 spiro atoms. The number of esters is 1. The smallest absolute Gasteiger partial charge is 0.315 e. The van der Waals surface area contributed by atoms with Crippen molar-refractivity contribution in [3.05, 3.63) is 94.2 Å². The number of rotatable bonds is 6. The van der Waals surface area contributed by atoms with Gasteiger partial charge in [-0.25, -0.2) is 13.9 Å². The number of amides is 2. The molecule has 0 aliphatic carbocycles. The van der Waals surface area contributed by atoms with Gasteiger partial charge in [0.15, 0.2) is 11.5 Å². The maximum absolute atomic E-state index is 14.3. The van der Waals surface area contributed by atoms with Gasteiger partial charge in [-0.3, -0.25) is 14.4 Å². The molecule has 1 aliphatic heterocycles. The summed E-state index contributed by atoms with van der Waals surface area (Å²) in [5.74, 6) is -1.69. The van der Waals surface area contributed by atoms with E-state index in [0.29, 0.717) is 5.75 Å². The number of carbonyl (C=O) groups is 3. The number of hydrogen-bond donors (Lipinski definition) is 2. The lowest BCUT2D eigenvalue weighted by Crippen LogP contribution is -2.28. The summed E-state index contributed by atoms with van der Waals surface area (Å²) in [6.07, 6.45) is 1.12. The highest BCUT2D eigenvalue weighted by Crippen LogP contribution is 2.26. The number of carbonyl (C=O) groups excluding carboxylic acids is 3. The summed E-state index contributed by atoms with van der Waals surface area (Å²) >= 11 is 0. The fourth-order valence-corrected chi connectivity index (χ4v) is 3.76. The van der Waals surface area contributed by atoms with Gasteiger partial charge in [-0.2, -0.15) is 5.10 Å². The fraction of sp³-hybridized carbons (Fsp3) is 0.160. The van der Waals surface area contributed by atoms with E-state index >= 15 is 0 Å². The monoisotopic (exact) mass is 473 g/mol. The summed E-state index contributed by atoms with van der Waals surface area (Å²) in [6.45, 7) is 2.36. The molecule has 2 amide bonds. The first-order valence-corrected chi connectivity index (χ1v) is 10.9. The lowest BCUT2D eigenvalue weighted by Gasteiger charge is -2.10. The van der Waals surface area contributed by atoms with Crippen LogP contribution in [-0.2, 0) is 24.3 Å². The summed E-state index contributed by atoms with van der Waals surface area (Å²) in [6, 6.07) is 14.1. The number of nitrogens with zero attached hydrogens (tertiary/aromatic N) is 3. The van der Waals surface area contributed by atoms with Crippen LogP contribution in [0.3, 0.4) is 0 Å². The summed E-state index contributed by atoms with van der Waals surface area (Å²) in [5.41, 5.74) is 3.10. The Morgan fingerprint density at radius 3 is 2.54 bits per heavy atom. The normalized spacial score (nSPS) is 12.3. The van der Waals surface area contributed by atoms with Gasteiger partial charge >= 0.3 is 5.97 Å². The number of ether oxygens (including phenoxy) is 1. The molecule has 0 saturated heterocycles. The van der Waals surface area contributed by atoms with Crippen LogP contribution in [0.4, 0.5) is 4.39 Å². The van der Waals surface area contributed by atoms with Crippen LogP contribution in [0.15, 0.2) is 54.7 Å². The van der Waals surface area contributed by atoms with Crippen molar-refractivity contribution in [2.75, 3.05) is 0 Å². The number of aryl methyl sites for hydroxylation is 1. The molecule has 2 N–H and O–H groups in total. The number of nitrogens with one attached hydrogen (secondary N) is 2. The lowest BCUT2D eigenvalue weighted by molar-refractivity contribution is -0.131. The number of halogens is 1. The molecule has 176 valence electrons. The van der Waals surface area contributed by atoms with E-state index in [0.717, 1.165) is 33.0 Å². The second-order valence-electron chi connectivity index (χ2n) is 8.20. The third-order valence-corrected chi connectivity index (χ3v) is 5.60. The third kappa shape index (κ3) is 4.58. The van der Waals surface area contributed by atoms with Gasteiger partial charge in [0.25, 0.3) is 11.8 Å².